The summed E-state index contributed by atoms with van der Waals surface area (Å²) in [6.07, 6.45) is 1.70. The number of nitrogens with one attached hydrogen (secondary N) is 1. The Balaban J connectivity index is 0.00000169. The van der Waals surface area contributed by atoms with Crippen LogP contribution in [0.25, 0.3) is 0 Å². The van der Waals surface area contributed by atoms with Crippen LogP contribution in [0, 0.1) is 0 Å². The molecule has 0 bridgehead atoms. The molecule has 2 atom stereocenters. The van der Waals surface area contributed by atoms with Gasteiger partial charge in [0.25, 0.3) is 5.91 Å². The zero-order valence-electron chi connectivity index (χ0n) is 15.0. The standard InChI is InChI=1S/C19H24N4O.2ClH/c1-13(2)22-18-15(9-6-10-21-18)19(24)23-11-16(17(20)12-23)14-7-4-3-5-8-14;;/h3-10,13,16-17H,11-12,20H2,1-2H3,(H,21,22);2*1H/t16-,17+;;/m0../s1. The van der Waals surface area contributed by atoms with Crippen LogP contribution in [0.4, 0.5) is 5.82 Å². The number of amides is 1. The summed E-state index contributed by atoms with van der Waals surface area (Å²) in [6.45, 7) is 5.26. The Labute approximate surface area is 167 Å². The maximum atomic E-state index is 13.0. The molecule has 0 saturated carbocycles. The SMILES string of the molecule is CC(C)Nc1ncccc1C(=O)N1C[C@@H](N)[C@H](c2ccccc2)C1.Cl.Cl. The van der Waals surface area contributed by atoms with E-state index >= 15 is 0 Å². The van der Waals surface area contributed by atoms with E-state index < -0.39 is 0 Å². The molecule has 1 aromatic carbocycles. The summed E-state index contributed by atoms with van der Waals surface area (Å²) in [5.41, 5.74) is 8.10. The van der Waals surface area contributed by atoms with Gasteiger partial charge in [0.2, 0.25) is 0 Å². The van der Waals surface area contributed by atoms with Crippen LogP contribution in [-0.2, 0) is 0 Å². The van der Waals surface area contributed by atoms with Crippen molar-refractivity contribution in [2.75, 3.05) is 18.4 Å². The molecule has 1 aliphatic heterocycles. The minimum Gasteiger partial charge on any atom is -0.367 e. The van der Waals surface area contributed by atoms with E-state index in [-0.39, 0.29) is 48.7 Å². The van der Waals surface area contributed by atoms with E-state index in [0.29, 0.717) is 24.5 Å². The van der Waals surface area contributed by atoms with Gasteiger partial charge in [0, 0.05) is 37.3 Å². The molecule has 3 rings (SSSR count). The minimum absolute atomic E-state index is 0. The molecule has 26 heavy (non-hydrogen) atoms. The van der Waals surface area contributed by atoms with Gasteiger partial charge < -0.3 is 16.0 Å². The second kappa shape index (κ2) is 9.76. The van der Waals surface area contributed by atoms with Crippen molar-refractivity contribution in [1.29, 1.82) is 0 Å². The molecule has 1 fully saturated rings. The van der Waals surface area contributed by atoms with Crippen molar-refractivity contribution in [1.82, 2.24) is 9.88 Å². The summed E-state index contributed by atoms with van der Waals surface area (Å²) in [5, 5.41) is 3.24. The van der Waals surface area contributed by atoms with Gasteiger partial charge in [0.1, 0.15) is 5.82 Å². The van der Waals surface area contributed by atoms with Gasteiger partial charge in [0.15, 0.2) is 0 Å². The number of halogens is 2. The second-order valence-electron chi connectivity index (χ2n) is 6.59. The average molecular weight is 397 g/mol. The highest BCUT2D eigenvalue weighted by Crippen LogP contribution is 2.28. The van der Waals surface area contributed by atoms with Gasteiger partial charge in [-0.25, -0.2) is 4.98 Å². The fourth-order valence-electron chi connectivity index (χ4n) is 3.18. The third-order valence-electron chi connectivity index (χ3n) is 4.34. The Morgan fingerprint density at radius 3 is 2.50 bits per heavy atom. The van der Waals surface area contributed by atoms with Crippen LogP contribution in [0.5, 0.6) is 0 Å². The molecule has 2 aromatic rings. The maximum Gasteiger partial charge on any atom is 0.257 e. The highest BCUT2D eigenvalue weighted by Gasteiger charge is 2.35. The third-order valence-corrected chi connectivity index (χ3v) is 4.34. The Morgan fingerprint density at radius 2 is 1.85 bits per heavy atom. The molecular formula is C19H26Cl2N4O. The third kappa shape index (κ3) is 4.87. The molecule has 1 aliphatic rings. The minimum atomic E-state index is -0.0467. The van der Waals surface area contributed by atoms with Gasteiger partial charge >= 0.3 is 0 Å². The van der Waals surface area contributed by atoms with Crippen molar-refractivity contribution in [3.63, 3.8) is 0 Å². The predicted molar refractivity (Wildman–Crippen MR) is 111 cm³/mol. The second-order valence-corrected chi connectivity index (χ2v) is 6.59. The average Bonchev–Trinajstić information content (AvgIpc) is 2.97. The first-order chi connectivity index (χ1) is 11.6. The predicted octanol–water partition coefficient (Wildman–Crippen LogP) is 3.31. The van der Waals surface area contributed by atoms with Crippen molar-refractivity contribution < 1.29 is 4.79 Å². The number of benzene rings is 1. The van der Waals surface area contributed by atoms with E-state index in [4.69, 9.17) is 5.73 Å². The van der Waals surface area contributed by atoms with Gasteiger partial charge in [0.05, 0.1) is 5.56 Å². The van der Waals surface area contributed by atoms with Crippen LogP contribution < -0.4 is 11.1 Å². The first-order valence-corrected chi connectivity index (χ1v) is 8.37. The van der Waals surface area contributed by atoms with Crippen LogP contribution in [0.2, 0.25) is 0 Å². The lowest BCUT2D eigenvalue weighted by Gasteiger charge is -2.19. The smallest absolute Gasteiger partial charge is 0.257 e. The zero-order chi connectivity index (χ0) is 17.1. The largest absolute Gasteiger partial charge is 0.367 e. The van der Waals surface area contributed by atoms with E-state index in [1.54, 1.807) is 12.3 Å². The molecular weight excluding hydrogens is 371 g/mol. The summed E-state index contributed by atoms with van der Waals surface area (Å²) in [4.78, 5) is 19.1. The van der Waals surface area contributed by atoms with Crippen LogP contribution in [0.15, 0.2) is 48.7 Å². The first-order valence-electron chi connectivity index (χ1n) is 8.37. The van der Waals surface area contributed by atoms with E-state index in [9.17, 15) is 4.79 Å². The molecule has 1 amide bonds. The molecule has 5 nitrogen and oxygen atoms in total. The zero-order valence-corrected chi connectivity index (χ0v) is 16.6. The van der Waals surface area contributed by atoms with Crippen LogP contribution in [0.3, 0.4) is 0 Å². The van der Waals surface area contributed by atoms with Gasteiger partial charge in [-0.1, -0.05) is 30.3 Å². The molecule has 7 heteroatoms. The lowest BCUT2D eigenvalue weighted by Crippen LogP contribution is -2.33. The number of carbonyl (C=O) groups is 1. The van der Waals surface area contributed by atoms with Crippen molar-refractivity contribution in [2.45, 2.75) is 31.8 Å². The van der Waals surface area contributed by atoms with Crippen molar-refractivity contribution in [2.24, 2.45) is 5.73 Å². The number of likely N-dealkylation sites (tertiary alicyclic amines) is 1. The summed E-state index contributed by atoms with van der Waals surface area (Å²) in [6, 6.07) is 14.0. The molecule has 3 N–H and O–H groups in total. The molecule has 0 spiro atoms. The number of nitrogens with two attached hydrogens (primary N) is 1. The number of nitrogens with zero attached hydrogens (tertiary/aromatic N) is 2. The number of hydrogen-bond donors (Lipinski definition) is 2. The maximum absolute atomic E-state index is 13.0. The molecule has 0 aliphatic carbocycles. The van der Waals surface area contributed by atoms with Crippen molar-refractivity contribution in [3.8, 4) is 0 Å². The highest BCUT2D eigenvalue weighted by molar-refractivity contribution is 5.99. The van der Waals surface area contributed by atoms with Crippen LogP contribution in [0.1, 0.15) is 35.7 Å². The number of pyridine rings is 1. The van der Waals surface area contributed by atoms with Gasteiger partial charge in [-0.15, -0.1) is 24.8 Å². The monoisotopic (exact) mass is 396 g/mol. The number of carbonyl (C=O) groups excluding carboxylic acids is 1. The fourth-order valence-corrected chi connectivity index (χ4v) is 3.18. The molecule has 142 valence electrons. The summed E-state index contributed by atoms with van der Waals surface area (Å²) in [5.74, 6) is 0.794. The van der Waals surface area contributed by atoms with Crippen LogP contribution >= 0.6 is 24.8 Å². The topological polar surface area (TPSA) is 71.2 Å². The van der Waals surface area contributed by atoms with E-state index in [1.807, 2.05) is 43.0 Å². The molecule has 1 aromatic heterocycles. The van der Waals surface area contributed by atoms with Crippen molar-refractivity contribution >= 4 is 36.5 Å². The normalized spacial score (nSPS) is 18.8. The van der Waals surface area contributed by atoms with Crippen LogP contribution in [-0.4, -0.2) is 41.0 Å². The molecule has 2 heterocycles. The van der Waals surface area contributed by atoms with E-state index in [0.717, 1.165) is 0 Å². The fraction of sp³-hybridized carbons (Fsp3) is 0.368. The summed E-state index contributed by atoms with van der Waals surface area (Å²) in [7, 11) is 0. The first kappa shape index (κ1) is 22.2. The lowest BCUT2D eigenvalue weighted by atomic mass is 9.95. The Bertz CT molecular complexity index is 712. The Morgan fingerprint density at radius 1 is 1.15 bits per heavy atom. The highest BCUT2D eigenvalue weighted by atomic mass is 35.5. The molecule has 0 unspecified atom stereocenters. The molecule has 0 radical (unpaired) electrons. The van der Waals surface area contributed by atoms with Gasteiger partial charge in [-0.3, -0.25) is 4.79 Å². The van der Waals surface area contributed by atoms with Crippen molar-refractivity contribution in [3.05, 3.63) is 59.8 Å². The number of anilines is 1. The summed E-state index contributed by atoms with van der Waals surface area (Å²) < 4.78 is 0. The Kier molecular flexibility index (Phi) is 8.34. The number of rotatable bonds is 4. The number of hydrogen-bond acceptors (Lipinski definition) is 4. The van der Waals surface area contributed by atoms with E-state index in [1.165, 1.54) is 5.56 Å². The number of aromatic nitrogens is 1. The van der Waals surface area contributed by atoms with E-state index in [2.05, 4.69) is 22.4 Å². The van der Waals surface area contributed by atoms with Gasteiger partial charge in [-0.2, -0.15) is 0 Å². The molecule has 1 saturated heterocycles. The van der Waals surface area contributed by atoms with Gasteiger partial charge in [-0.05, 0) is 31.5 Å². The lowest BCUT2D eigenvalue weighted by molar-refractivity contribution is 0.0789. The Hall–Kier alpha value is -1.82. The summed E-state index contributed by atoms with van der Waals surface area (Å²) >= 11 is 0. The quantitative estimate of drug-likeness (QED) is 0.831.